The van der Waals surface area contributed by atoms with Gasteiger partial charge in [-0.1, -0.05) is 19.1 Å². The molecule has 0 saturated heterocycles. The third kappa shape index (κ3) is 3.84. The second-order valence-electron chi connectivity index (χ2n) is 4.33. The molecule has 0 aliphatic carbocycles. The third-order valence-corrected chi connectivity index (χ3v) is 2.84. The van der Waals surface area contributed by atoms with E-state index in [0.29, 0.717) is 11.6 Å². The molecule has 1 amide bonds. The summed E-state index contributed by atoms with van der Waals surface area (Å²) in [5, 5.41) is 0. The lowest BCUT2D eigenvalue weighted by Crippen LogP contribution is -2.31. The Balaban J connectivity index is 2.81. The van der Waals surface area contributed by atoms with Gasteiger partial charge in [-0.3, -0.25) is 15.1 Å². The van der Waals surface area contributed by atoms with Crippen LogP contribution in [0.4, 0.5) is 0 Å². The molecule has 1 rings (SSSR count). The van der Waals surface area contributed by atoms with Crippen LogP contribution in [0.3, 0.4) is 0 Å². The van der Waals surface area contributed by atoms with Gasteiger partial charge in [0.25, 0.3) is 5.91 Å². The first-order chi connectivity index (χ1) is 8.08. The third-order valence-electron chi connectivity index (χ3n) is 2.84. The van der Waals surface area contributed by atoms with Crippen molar-refractivity contribution in [2.45, 2.75) is 33.4 Å². The van der Waals surface area contributed by atoms with Crippen LogP contribution in [-0.4, -0.2) is 23.4 Å². The molecule has 4 heteroatoms. The van der Waals surface area contributed by atoms with Crippen molar-refractivity contribution in [2.75, 3.05) is 6.54 Å². The summed E-state index contributed by atoms with van der Waals surface area (Å²) in [6.45, 7) is 8.31. The van der Waals surface area contributed by atoms with E-state index < -0.39 is 0 Å². The van der Waals surface area contributed by atoms with E-state index in [1.807, 2.05) is 18.2 Å². The predicted molar refractivity (Wildman–Crippen MR) is 69.3 cm³/mol. The first kappa shape index (κ1) is 13.7. The molecule has 0 aliphatic rings. The Morgan fingerprint density at radius 2 is 2.18 bits per heavy atom. The molecule has 3 N–H and O–H groups in total. The van der Waals surface area contributed by atoms with Crippen LogP contribution >= 0.6 is 0 Å². The smallest absolute Gasteiger partial charge is 0.265 e. The van der Waals surface area contributed by atoms with Crippen molar-refractivity contribution < 1.29 is 4.79 Å². The van der Waals surface area contributed by atoms with Gasteiger partial charge in [0.1, 0.15) is 0 Å². The SMILES string of the molecule is CCN(Cc1cccc(C(=O)NN)c1)C(C)C. The highest BCUT2D eigenvalue weighted by molar-refractivity contribution is 5.93. The summed E-state index contributed by atoms with van der Waals surface area (Å²) in [4.78, 5) is 13.7. The highest BCUT2D eigenvalue weighted by Gasteiger charge is 2.09. The highest BCUT2D eigenvalue weighted by Crippen LogP contribution is 2.10. The van der Waals surface area contributed by atoms with E-state index in [1.54, 1.807) is 6.07 Å². The summed E-state index contributed by atoms with van der Waals surface area (Å²) in [5.41, 5.74) is 3.87. The number of amides is 1. The lowest BCUT2D eigenvalue weighted by Gasteiger charge is -2.24. The van der Waals surface area contributed by atoms with Gasteiger partial charge in [0.15, 0.2) is 0 Å². The Labute approximate surface area is 103 Å². The van der Waals surface area contributed by atoms with E-state index in [9.17, 15) is 4.79 Å². The molecule has 17 heavy (non-hydrogen) atoms. The number of nitrogens with zero attached hydrogens (tertiary/aromatic N) is 1. The van der Waals surface area contributed by atoms with Gasteiger partial charge >= 0.3 is 0 Å². The highest BCUT2D eigenvalue weighted by atomic mass is 16.2. The summed E-state index contributed by atoms with van der Waals surface area (Å²) >= 11 is 0. The van der Waals surface area contributed by atoms with Crippen LogP contribution < -0.4 is 11.3 Å². The fourth-order valence-corrected chi connectivity index (χ4v) is 1.79. The molecule has 0 fully saturated rings. The maximum Gasteiger partial charge on any atom is 0.265 e. The molecule has 0 unspecified atom stereocenters. The molecule has 0 aliphatic heterocycles. The summed E-state index contributed by atoms with van der Waals surface area (Å²) in [7, 11) is 0. The molecular weight excluding hydrogens is 214 g/mol. The quantitative estimate of drug-likeness (QED) is 0.462. The van der Waals surface area contributed by atoms with Crippen molar-refractivity contribution >= 4 is 5.91 Å². The molecule has 1 aromatic rings. The number of hydrogen-bond donors (Lipinski definition) is 2. The lowest BCUT2D eigenvalue weighted by atomic mass is 10.1. The lowest BCUT2D eigenvalue weighted by molar-refractivity contribution is 0.0953. The van der Waals surface area contributed by atoms with Gasteiger partial charge in [-0.25, -0.2) is 5.84 Å². The number of rotatable bonds is 5. The van der Waals surface area contributed by atoms with Crippen molar-refractivity contribution in [1.82, 2.24) is 10.3 Å². The minimum absolute atomic E-state index is 0.251. The zero-order valence-electron chi connectivity index (χ0n) is 10.7. The summed E-state index contributed by atoms with van der Waals surface area (Å²) in [6.07, 6.45) is 0. The van der Waals surface area contributed by atoms with Crippen LogP contribution in [0.5, 0.6) is 0 Å². The summed E-state index contributed by atoms with van der Waals surface area (Å²) in [5.74, 6) is 4.87. The Morgan fingerprint density at radius 3 is 2.71 bits per heavy atom. The van der Waals surface area contributed by atoms with Gasteiger partial charge in [-0.05, 0) is 38.1 Å². The van der Waals surface area contributed by atoms with Crippen LogP contribution in [0, 0.1) is 0 Å². The minimum Gasteiger partial charge on any atom is -0.297 e. The molecule has 94 valence electrons. The number of hydrogen-bond acceptors (Lipinski definition) is 3. The fraction of sp³-hybridized carbons (Fsp3) is 0.462. The van der Waals surface area contributed by atoms with Crippen LogP contribution in [0.2, 0.25) is 0 Å². The maximum atomic E-state index is 11.4. The second kappa shape index (κ2) is 6.37. The molecule has 0 aromatic heterocycles. The van der Waals surface area contributed by atoms with E-state index >= 15 is 0 Å². The molecule has 1 aromatic carbocycles. The van der Waals surface area contributed by atoms with Crippen molar-refractivity contribution in [3.05, 3.63) is 35.4 Å². The number of carbonyl (C=O) groups excluding carboxylic acids is 1. The second-order valence-corrected chi connectivity index (χ2v) is 4.33. The standard InChI is InChI=1S/C13H21N3O/c1-4-16(10(2)3)9-11-6-5-7-12(8-11)13(17)15-14/h5-8,10H,4,9,14H2,1-3H3,(H,15,17). The monoisotopic (exact) mass is 235 g/mol. The van der Waals surface area contributed by atoms with E-state index in [1.165, 1.54) is 0 Å². The molecule has 0 radical (unpaired) electrons. The van der Waals surface area contributed by atoms with Crippen molar-refractivity contribution in [2.24, 2.45) is 5.84 Å². The number of nitrogen functional groups attached to an aromatic ring is 1. The van der Waals surface area contributed by atoms with E-state index in [0.717, 1.165) is 18.7 Å². The van der Waals surface area contributed by atoms with Crippen LogP contribution in [0.1, 0.15) is 36.7 Å². The molecule has 0 atom stereocenters. The molecule has 4 nitrogen and oxygen atoms in total. The summed E-state index contributed by atoms with van der Waals surface area (Å²) in [6, 6.07) is 8.05. The van der Waals surface area contributed by atoms with Gasteiger partial charge < -0.3 is 0 Å². The van der Waals surface area contributed by atoms with E-state index in [2.05, 4.69) is 31.1 Å². The number of nitrogens with two attached hydrogens (primary N) is 1. The Hall–Kier alpha value is -1.39. The Morgan fingerprint density at radius 1 is 1.47 bits per heavy atom. The first-order valence-electron chi connectivity index (χ1n) is 5.92. The zero-order valence-corrected chi connectivity index (χ0v) is 10.7. The van der Waals surface area contributed by atoms with E-state index in [-0.39, 0.29) is 5.91 Å². The Kier molecular flexibility index (Phi) is 5.12. The number of hydrazine groups is 1. The molecule has 0 saturated carbocycles. The average molecular weight is 235 g/mol. The van der Waals surface area contributed by atoms with Crippen molar-refractivity contribution in [1.29, 1.82) is 0 Å². The normalized spacial score (nSPS) is 10.9. The summed E-state index contributed by atoms with van der Waals surface area (Å²) < 4.78 is 0. The molecule has 0 bridgehead atoms. The number of benzene rings is 1. The first-order valence-corrected chi connectivity index (χ1v) is 5.92. The van der Waals surface area contributed by atoms with E-state index in [4.69, 9.17) is 5.84 Å². The fourth-order valence-electron chi connectivity index (χ4n) is 1.79. The Bertz CT molecular complexity index is 377. The molecule has 0 heterocycles. The number of carbonyl (C=O) groups is 1. The largest absolute Gasteiger partial charge is 0.297 e. The van der Waals surface area contributed by atoms with Gasteiger partial charge in [0.2, 0.25) is 0 Å². The average Bonchev–Trinajstić information content (AvgIpc) is 2.34. The molecular formula is C13H21N3O. The van der Waals surface area contributed by atoms with Gasteiger partial charge in [-0.15, -0.1) is 0 Å². The number of nitrogens with one attached hydrogen (secondary N) is 1. The van der Waals surface area contributed by atoms with Crippen LogP contribution in [0.15, 0.2) is 24.3 Å². The van der Waals surface area contributed by atoms with Gasteiger partial charge in [0.05, 0.1) is 0 Å². The van der Waals surface area contributed by atoms with Gasteiger partial charge in [0, 0.05) is 18.2 Å². The van der Waals surface area contributed by atoms with Crippen LogP contribution in [-0.2, 0) is 6.54 Å². The molecule has 0 spiro atoms. The zero-order chi connectivity index (χ0) is 12.8. The minimum atomic E-state index is -0.251. The van der Waals surface area contributed by atoms with Crippen molar-refractivity contribution in [3.63, 3.8) is 0 Å². The maximum absolute atomic E-state index is 11.4. The topological polar surface area (TPSA) is 58.4 Å². The van der Waals surface area contributed by atoms with Gasteiger partial charge in [-0.2, -0.15) is 0 Å². The predicted octanol–water partition coefficient (Wildman–Crippen LogP) is 1.52. The van der Waals surface area contributed by atoms with Crippen LogP contribution in [0.25, 0.3) is 0 Å². The van der Waals surface area contributed by atoms with Crippen molar-refractivity contribution in [3.8, 4) is 0 Å².